The van der Waals surface area contributed by atoms with Crippen LogP contribution in [0, 0.1) is 29.2 Å². The lowest BCUT2D eigenvalue weighted by Crippen LogP contribution is -2.38. The second-order valence-corrected chi connectivity index (χ2v) is 20.2. The van der Waals surface area contributed by atoms with Crippen LogP contribution in [0.3, 0.4) is 0 Å². The zero-order valence-corrected chi connectivity index (χ0v) is 41.4. The Kier molecular flexibility index (Phi) is 15.4. The molecule has 0 bridgehead atoms. The van der Waals surface area contributed by atoms with Gasteiger partial charge in [-0.2, -0.15) is 19.2 Å². The van der Waals surface area contributed by atoms with Gasteiger partial charge in [0.25, 0.3) is 0 Å². The van der Waals surface area contributed by atoms with Crippen LogP contribution < -0.4 is 5.73 Å². The monoisotopic (exact) mass is 1050 g/mol. The predicted molar refractivity (Wildman–Crippen MR) is 258 cm³/mol. The quantitative estimate of drug-likeness (QED) is 0.0626. The summed E-state index contributed by atoms with van der Waals surface area (Å²) >= 11 is 9.68. The number of carbonyl (C=O) groups excluding carboxylic acids is 2. The van der Waals surface area contributed by atoms with E-state index in [2.05, 4.69) is 41.4 Å². The molecule has 69 heavy (non-hydrogen) atoms. The number of thiocarbonyl (C=S) groups is 1. The number of fused-ring (bicyclic) bond motifs is 2. The number of halogens is 5. The van der Waals surface area contributed by atoms with Crippen LogP contribution >= 0.6 is 39.5 Å². The Balaban J connectivity index is 0.000000152. The van der Waals surface area contributed by atoms with E-state index in [0.717, 1.165) is 80.8 Å². The third-order valence-electron chi connectivity index (χ3n) is 12.2. The minimum Gasteiger partial charge on any atom is -0.393 e. The average Bonchev–Trinajstić information content (AvgIpc) is 4.15. The van der Waals surface area contributed by atoms with Crippen LogP contribution in [0.1, 0.15) is 134 Å². The molecule has 0 amide bonds. The van der Waals surface area contributed by atoms with Gasteiger partial charge in [0, 0.05) is 67.1 Å². The molecule has 5 aromatic heterocycles. The fraction of sp³-hybridized carbons (Fsp3) is 0.417. The number of thiazole rings is 1. The zero-order valence-electron chi connectivity index (χ0n) is 38.2. The van der Waals surface area contributed by atoms with Crippen molar-refractivity contribution >= 4 is 67.3 Å². The third kappa shape index (κ3) is 11.1. The van der Waals surface area contributed by atoms with Crippen LogP contribution in [0.5, 0.6) is 0 Å². The van der Waals surface area contributed by atoms with Crippen LogP contribution in [0.15, 0.2) is 60.7 Å². The van der Waals surface area contributed by atoms with Crippen molar-refractivity contribution < 1.29 is 36.6 Å². The molecule has 1 aliphatic heterocycles. The van der Waals surface area contributed by atoms with E-state index in [1.807, 2.05) is 39.8 Å². The Hall–Kier alpha value is -5.48. The first-order valence-corrected chi connectivity index (χ1v) is 24.8. The lowest BCUT2D eigenvalue weighted by atomic mass is 9.85. The summed E-state index contributed by atoms with van der Waals surface area (Å²) in [7, 11) is 0. The lowest BCUT2D eigenvalue weighted by Gasteiger charge is -2.34. The molecule has 1 spiro atoms. The Labute approximate surface area is 412 Å². The van der Waals surface area contributed by atoms with Crippen molar-refractivity contribution in [3.8, 4) is 21.8 Å². The number of nitrogens with two attached hydrogens (primary N) is 1. The third-order valence-corrected chi connectivity index (χ3v) is 14.7. The molecule has 1 saturated heterocycles. The minimum absolute atomic E-state index is 0.0989. The summed E-state index contributed by atoms with van der Waals surface area (Å²) in [6.45, 7) is 9.40. The van der Waals surface area contributed by atoms with E-state index in [0.29, 0.717) is 68.9 Å². The summed E-state index contributed by atoms with van der Waals surface area (Å²) in [6, 6.07) is 13.3. The van der Waals surface area contributed by atoms with Gasteiger partial charge in [-0.3, -0.25) is 9.59 Å². The molecule has 14 nitrogen and oxygen atoms in total. The fourth-order valence-corrected chi connectivity index (χ4v) is 10.4. The highest BCUT2D eigenvalue weighted by Crippen LogP contribution is 2.43. The number of rotatable bonds is 9. The minimum atomic E-state index is -0.905. The SMILES string of the molecule is CC(C)c1nnc2ccc(-c3sc(C4CCC(=O)CC4)nc3-c3ccc(F)cc3F)nn12.CC(C)c1nnc2ccc(C(Br)C(=O)c3ccc(F)cc3F)nn12.NC(=S)C1CCC2(CC1)OCCO2. The number of hydrogen-bond donors (Lipinski definition) is 1. The van der Waals surface area contributed by atoms with Gasteiger partial charge in [0.2, 0.25) is 0 Å². The zero-order chi connectivity index (χ0) is 49.1. The van der Waals surface area contributed by atoms with Gasteiger partial charge in [0.05, 0.1) is 45.0 Å². The number of ether oxygens (including phenoxy) is 2. The molecular formula is C48H49BrF4N10O4S2. The maximum Gasteiger partial charge on any atom is 0.185 e. The molecule has 7 aromatic rings. The van der Waals surface area contributed by atoms with E-state index in [4.69, 9.17) is 37.5 Å². The van der Waals surface area contributed by atoms with Gasteiger partial charge in [0.1, 0.15) is 39.6 Å². The van der Waals surface area contributed by atoms with Gasteiger partial charge >= 0.3 is 0 Å². The van der Waals surface area contributed by atoms with E-state index < -0.39 is 33.9 Å². The summed E-state index contributed by atoms with van der Waals surface area (Å²) in [5, 5.41) is 26.4. The summed E-state index contributed by atoms with van der Waals surface area (Å²) in [5.41, 5.74) is 8.26. The molecule has 10 rings (SSSR count). The van der Waals surface area contributed by atoms with Crippen molar-refractivity contribution in [1.29, 1.82) is 0 Å². The molecule has 362 valence electrons. The molecule has 6 heterocycles. The number of carbonyl (C=O) groups is 2. The Morgan fingerprint density at radius 1 is 0.797 bits per heavy atom. The molecule has 2 aliphatic carbocycles. The van der Waals surface area contributed by atoms with Gasteiger partial charge in [0.15, 0.2) is 34.5 Å². The first-order valence-electron chi connectivity index (χ1n) is 22.6. The smallest absolute Gasteiger partial charge is 0.185 e. The van der Waals surface area contributed by atoms with Crippen molar-refractivity contribution in [2.75, 3.05) is 13.2 Å². The van der Waals surface area contributed by atoms with E-state index >= 15 is 0 Å². The van der Waals surface area contributed by atoms with Gasteiger partial charge in [-0.05, 0) is 74.2 Å². The molecule has 1 atom stereocenters. The maximum atomic E-state index is 14.7. The second-order valence-electron chi connectivity index (χ2n) is 17.7. The van der Waals surface area contributed by atoms with Crippen LogP contribution in [0.2, 0.25) is 0 Å². The highest BCUT2D eigenvalue weighted by molar-refractivity contribution is 9.09. The second kappa shape index (κ2) is 21.3. The number of aromatic nitrogens is 9. The first-order chi connectivity index (χ1) is 33.0. The largest absolute Gasteiger partial charge is 0.393 e. The highest BCUT2D eigenvalue weighted by atomic mass is 79.9. The number of nitrogens with zero attached hydrogens (tertiary/aromatic N) is 9. The number of ketones is 2. The molecule has 0 radical (unpaired) electrons. The molecule has 2 N–H and O–H groups in total. The maximum absolute atomic E-state index is 14.7. The van der Waals surface area contributed by atoms with Crippen LogP contribution in [0.4, 0.5) is 17.6 Å². The van der Waals surface area contributed by atoms with Gasteiger partial charge in [-0.1, -0.05) is 55.8 Å². The predicted octanol–water partition coefficient (Wildman–Crippen LogP) is 10.6. The summed E-state index contributed by atoms with van der Waals surface area (Å²) in [4.78, 5) is 29.4. The molecule has 2 saturated carbocycles. The Morgan fingerprint density at radius 2 is 1.38 bits per heavy atom. The number of benzene rings is 2. The Morgan fingerprint density at radius 3 is 1.96 bits per heavy atom. The fourth-order valence-electron chi connectivity index (χ4n) is 8.43. The molecule has 3 fully saturated rings. The summed E-state index contributed by atoms with van der Waals surface area (Å²) < 4.78 is 69.6. The van der Waals surface area contributed by atoms with Gasteiger partial charge in [-0.25, -0.2) is 22.5 Å². The number of Topliss-reactive ketones (excluding diaryl/α,β-unsaturated/α-hetero) is 2. The van der Waals surface area contributed by atoms with Crippen molar-refractivity contribution in [1.82, 2.24) is 44.6 Å². The molecule has 21 heteroatoms. The van der Waals surface area contributed by atoms with Crippen molar-refractivity contribution in [2.24, 2.45) is 11.7 Å². The van der Waals surface area contributed by atoms with Crippen LogP contribution in [0.25, 0.3) is 33.1 Å². The highest BCUT2D eigenvalue weighted by Gasteiger charge is 2.40. The average molecular weight is 1050 g/mol. The van der Waals surface area contributed by atoms with E-state index in [1.54, 1.807) is 21.2 Å². The molecule has 1 unspecified atom stereocenters. The number of alkyl halides is 1. The van der Waals surface area contributed by atoms with E-state index in [9.17, 15) is 27.2 Å². The molecular weight excluding hydrogens is 1000 g/mol. The first kappa shape index (κ1) is 49.9. The summed E-state index contributed by atoms with van der Waals surface area (Å²) in [6.07, 6.45) is 6.42. The van der Waals surface area contributed by atoms with Gasteiger partial charge < -0.3 is 15.2 Å². The van der Waals surface area contributed by atoms with Crippen LogP contribution in [-0.2, 0) is 14.3 Å². The summed E-state index contributed by atoms with van der Waals surface area (Å²) in [5.74, 6) is -1.36. The van der Waals surface area contributed by atoms with Gasteiger partial charge in [-0.15, -0.1) is 31.7 Å². The van der Waals surface area contributed by atoms with Crippen LogP contribution in [-0.4, -0.2) is 80.2 Å². The number of hydrogen-bond acceptors (Lipinski definition) is 13. The molecule has 3 aliphatic rings. The van der Waals surface area contributed by atoms with E-state index in [-0.39, 0.29) is 40.5 Å². The van der Waals surface area contributed by atoms with E-state index in [1.165, 1.54) is 23.5 Å². The van der Waals surface area contributed by atoms with Crippen molar-refractivity contribution in [2.45, 2.75) is 107 Å². The van der Waals surface area contributed by atoms with Crippen molar-refractivity contribution in [3.63, 3.8) is 0 Å². The lowest BCUT2D eigenvalue weighted by molar-refractivity contribution is -0.179. The van der Waals surface area contributed by atoms with Crippen molar-refractivity contribution in [3.05, 3.63) is 112 Å². The topological polar surface area (TPSA) is 178 Å². The Bertz CT molecular complexity index is 3010. The normalized spacial score (nSPS) is 16.8. The standard InChI is InChI=1S/C23H21F2N5OS.C16H13BrF2N4O.C9H15NO2S/c1-12(2)22-28-27-19-10-9-18(29-30(19)22)21-20(16-8-5-14(24)11-17(16)25)26-23(32-21)13-3-6-15(31)7-4-13;1-8(2)16-21-20-13-6-5-12(22-23(13)16)14(17)15(24)10-4-3-9(18)7-11(10)19;10-8(13)7-1-3-9(4-2-7)11-5-6-12-9/h5,8-13H,3-4,6-7H2,1-2H3;3-8,14H,1-2H3;7H,1-6H2,(H2,10,13). The molecule has 2 aromatic carbocycles.